The third-order valence-electron chi connectivity index (χ3n) is 2.90. The summed E-state index contributed by atoms with van der Waals surface area (Å²) in [5.74, 6) is 0.333. The van der Waals surface area contributed by atoms with Gasteiger partial charge in [-0.15, -0.1) is 0 Å². The second-order valence-corrected chi connectivity index (χ2v) is 4.92. The number of anilines is 1. The molecule has 0 bridgehead atoms. The van der Waals surface area contributed by atoms with Gasteiger partial charge in [-0.2, -0.15) is 0 Å². The zero-order chi connectivity index (χ0) is 13.7. The number of aromatic hydroxyl groups is 1. The van der Waals surface area contributed by atoms with Gasteiger partial charge in [0.25, 0.3) is 0 Å². The summed E-state index contributed by atoms with van der Waals surface area (Å²) in [6.45, 7) is 1.55. The summed E-state index contributed by atoms with van der Waals surface area (Å²) in [5, 5.41) is 13.1. The minimum absolute atomic E-state index is 0.333. The molecule has 2 N–H and O–H groups in total. The monoisotopic (exact) mass is 256 g/mol. The van der Waals surface area contributed by atoms with E-state index in [-0.39, 0.29) is 0 Å². The second kappa shape index (κ2) is 6.25. The highest BCUT2D eigenvalue weighted by atomic mass is 16.3. The molecule has 19 heavy (non-hydrogen) atoms. The number of rotatable bonds is 5. The van der Waals surface area contributed by atoms with Crippen LogP contribution in [0.3, 0.4) is 0 Å². The molecule has 0 amide bonds. The van der Waals surface area contributed by atoms with Crippen LogP contribution in [0.2, 0.25) is 0 Å². The first-order chi connectivity index (χ1) is 9.15. The Labute approximate surface area is 114 Å². The number of phenols is 1. The van der Waals surface area contributed by atoms with Crippen LogP contribution in [0, 0.1) is 0 Å². The van der Waals surface area contributed by atoms with Crippen LogP contribution in [0.1, 0.15) is 11.1 Å². The molecule has 3 heteroatoms. The van der Waals surface area contributed by atoms with Gasteiger partial charge >= 0.3 is 0 Å². The second-order valence-electron chi connectivity index (χ2n) is 4.92. The Bertz CT molecular complexity index is 538. The smallest absolute Gasteiger partial charge is 0.120 e. The quantitative estimate of drug-likeness (QED) is 0.863. The third kappa shape index (κ3) is 4.00. The van der Waals surface area contributed by atoms with E-state index in [1.807, 2.05) is 30.3 Å². The maximum atomic E-state index is 9.72. The van der Waals surface area contributed by atoms with Crippen LogP contribution < -0.4 is 5.32 Å². The van der Waals surface area contributed by atoms with Crippen LogP contribution in [-0.2, 0) is 13.1 Å². The Hall–Kier alpha value is -2.00. The first-order valence-corrected chi connectivity index (χ1v) is 6.39. The lowest BCUT2D eigenvalue weighted by molar-refractivity contribution is 0.402. The van der Waals surface area contributed by atoms with Crippen LogP contribution >= 0.6 is 0 Å². The maximum absolute atomic E-state index is 9.72. The highest BCUT2D eigenvalue weighted by Crippen LogP contribution is 2.18. The van der Waals surface area contributed by atoms with Gasteiger partial charge < -0.3 is 15.3 Å². The van der Waals surface area contributed by atoms with Crippen LogP contribution in [0.5, 0.6) is 5.75 Å². The lowest BCUT2D eigenvalue weighted by Gasteiger charge is -2.12. The molecule has 0 aliphatic carbocycles. The first kappa shape index (κ1) is 13.4. The standard InChI is InChI=1S/C16H20N2O/c1-18(2)12-13-6-5-8-15(10-13)17-11-14-7-3-4-9-16(14)19/h3-10,17,19H,11-12H2,1-2H3. The van der Waals surface area contributed by atoms with E-state index < -0.39 is 0 Å². The van der Waals surface area contributed by atoms with E-state index in [2.05, 4.69) is 36.4 Å². The number of nitrogens with zero attached hydrogens (tertiary/aromatic N) is 1. The fourth-order valence-corrected chi connectivity index (χ4v) is 2.00. The predicted octanol–water partition coefficient (Wildman–Crippen LogP) is 3.07. The average molecular weight is 256 g/mol. The highest BCUT2D eigenvalue weighted by molar-refractivity contribution is 5.47. The minimum Gasteiger partial charge on any atom is -0.508 e. The number of para-hydroxylation sites is 1. The molecule has 3 nitrogen and oxygen atoms in total. The molecule has 0 saturated carbocycles. The third-order valence-corrected chi connectivity index (χ3v) is 2.90. The summed E-state index contributed by atoms with van der Waals surface area (Å²) in [4.78, 5) is 2.14. The fraction of sp³-hybridized carbons (Fsp3) is 0.250. The molecule has 0 saturated heterocycles. The Balaban J connectivity index is 2.02. The van der Waals surface area contributed by atoms with Gasteiger partial charge in [0, 0.05) is 24.3 Å². The van der Waals surface area contributed by atoms with Gasteiger partial charge in [-0.1, -0.05) is 30.3 Å². The van der Waals surface area contributed by atoms with Crippen LogP contribution in [-0.4, -0.2) is 24.1 Å². The van der Waals surface area contributed by atoms with Crippen LogP contribution in [0.15, 0.2) is 48.5 Å². The van der Waals surface area contributed by atoms with Crippen LogP contribution in [0.4, 0.5) is 5.69 Å². The molecule has 0 aromatic heterocycles. The Morgan fingerprint density at radius 1 is 1.05 bits per heavy atom. The van der Waals surface area contributed by atoms with Crippen molar-refractivity contribution >= 4 is 5.69 Å². The Morgan fingerprint density at radius 3 is 2.58 bits per heavy atom. The van der Waals surface area contributed by atoms with Crippen molar-refractivity contribution < 1.29 is 5.11 Å². The highest BCUT2D eigenvalue weighted by Gasteiger charge is 2.01. The summed E-state index contributed by atoms with van der Waals surface area (Å²) < 4.78 is 0. The molecular formula is C16H20N2O. The van der Waals surface area contributed by atoms with Crippen molar-refractivity contribution in [1.82, 2.24) is 4.90 Å². The molecular weight excluding hydrogens is 236 g/mol. The maximum Gasteiger partial charge on any atom is 0.120 e. The van der Waals surface area contributed by atoms with E-state index in [0.29, 0.717) is 12.3 Å². The van der Waals surface area contributed by atoms with E-state index in [4.69, 9.17) is 0 Å². The number of phenolic OH excluding ortho intramolecular Hbond substituents is 1. The first-order valence-electron chi connectivity index (χ1n) is 6.39. The van der Waals surface area contributed by atoms with Crippen molar-refractivity contribution in [1.29, 1.82) is 0 Å². The van der Waals surface area contributed by atoms with Crippen molar-refractivity contribution in [2.75, 3.05) is 19.4 Å². The van der Waals surface area contributed by atoms with Gasteiger partial charge in [0.1, 0.15) is 5.75 Å². The lowest BCUT2D eigenvalue weighted by atomic mass is 10.1. The van der Waals surface area contributed by atoms with Crippen molar-refractivity contribution in [2.45, 2.75) is 13.1 Å². The number of hydrogen-bond acceptors (Lipinski definition) is 3. The number of nitrogens with one attached hydrogen (secondary N) is 1. The average Bonchev–Trinajstić information content (AvgIpc) is 2.37. The Kier molecular flexibility index (Phi) is 4.42. The zero-order valence-corrected chi connectivity index (χ0v) is 11.4. The lowest BCUT2D eigenvalue weighted by Crippen LogP contribution is -2.10. The van der Waals surface area contributed by atoms with E-state index >= 15 is 0 Å². The molecule has 0 radical (unpaired) electrons. The van der Waals surface area contributed by atoms with Gasteiger partial charge in [0.15, 0.2) is 0 Å². The minimum atomic E-state index is 0.333. The summed E-state index contributed by atoms with van der Waals surface area (Å²) in [6, 6.07) is 15.7. The Morgan fingerprint density at radius 2 is 1.84 bits per heavy atom. The van der Waals surface area contributed by atoms with E-state index in [1.165, 1.54) is 5.56 Å². The zero-order valence-electron chi connectivity index (χ0n) is 11.4. The molecule has 0 atom stereocenters. The van der Waals surface area contributed by atoms with E-state index in [1.54, 1.807) is 6.07 Å². The van der Waals surface area contributed by atoms with Gasteiger partial charge in [0.2, 0.25) is 0 Å². The molecule has 0 heterocycles. The molecule has 2 rings (SSSR count). The summed E-state index contributed by atoms with van der Waals surface area (Å²) in [7, 11) is 4.12. The molecule has 0 unspecified atom stereocenters. The largest absolute Gasteiger partial charge is 0.508 e. The number of hydrogen-bond donors (Lipinski definition) is 2. The fourth-order valence-electron chi connectivity index (χ4n) is 2.00. The summed E-state index contributed by atoms with van der Waals surface area (Å²) >= 11 is 0. The van der Waals surface area contributed by atoms with Gasteiger partial charge in [-0.3, -0.25) is 0 Å². The van der Waals surface area contributed by atoms with E-state index in [0.717, 1.165) is 17.8 Å². The molecule has 0 aliphatic rings. The molecule has 0 spiro atoms. The van der Waals surface area contributed by atoms with Crippen molar-refractivity contribution in [2.24, 2.45) is 0 Å². The number of benzene rings is 2. The van der Waals surface area contributed by atoms with Gasteiger partial charge in [-0.05, 0) is 37.9 Å². The van der Waals surface area contributed by atoms with Gasteiger partial charge in [0.05, 0.1) is 0 Å². The summed E-state index contributed by atoms with van der Waals surface area (Å²) in [6.07, 6.45) is 0. The van der Waals surface area contributed by atoms with Gasteiger partial charge in [-0.25, -0.2) is 0 Å². The molecule has 0 aliphatic heterocycles. The summed E-state index contributed by atoms with van der Waals surface area (Å²) in [5.41, 5.74) is 3.25. The van der Waals surface area contributed by atoms with Crippen molar-refractivity contribution in [3.8, 4) is 5.75 Å². The molecule has 2 aromatic carbocycles. The van der Waals surface area contributed by atoms with Crippen molar-refractivity contribution in [3.05, 3.63) is 59.7 Å². The normalized spacial score (nSPS) is 10.7. The van der Waals surface area contributed by atoms with Crippen LogP contribution in [0.25, 0.3) is 0 Å². The molecule has 0 fully saturated rings. The molecule has 2 aromatic rings. The topological polar surface area (TPSA) is 35.5 Å². The predicted molar refractivity (Wildman–Crippen MR) is 79.3 cm³/mol. The molecule has 100 valence electrons. The SMILES string of the molecule is CN(C)Cc1cccc(NCc2ccccc2O)c1. The van der Waals surface area contributed by atoms with Crippen molar-refractivity contribution in [3.63, 3.8) is 0 Å². The van der Waals surface area contributed by atoms with E-state index in [9.17, 15) is 5.11 Å².